The van der Waals surface area contributed by atoms with Gasteiger partial charge < -0.3 is 15.4 Å². The van der Waals surface area contributed by atoms with Gasteiger partial charge in [-0.25, -0.2) is 0 Å². The Morgan fingerprint density at radius 1 is 1.35 bits per heavy atom. The van der Waals surface area contributed by atoms with E-state index in [2.05, 4.69) is 10.6 Å². The molecule has 8 heteroatoms. The van der Waals surface area contributed by atoms with E-state index in [-0.39, 0.29) is 36.7 Å². The van der Waals surface area contributed by atoms with Crippen LogP contribution in [0.25, 0.3) is 0 Å². The largest absolute Gasteiger partial charge is 0.391 e. The van der Waals surface area contributed by atoms with Crippen LogP contribution in [0, 0.1) is 11.8 Å². The van der Waals surface area contributed by atoms with Gasteiger partial charge in [-0.1, -0.05) is 6.42 Å². The minimum atomic E-state index is -4.19. The quantitative estimate of drug-likeness (QED) is 0.794. The number of ether oxygens (including phenoxy) is 1. The number of hydrogen-bond donors (Lipinski definition) is 2. The van der Waals surface area contributed by atoms with Gasteiger partial charge in [0.1, 0.15) is 0 Å². The fourth-order valence-corrected chi connectivity index (χ4v) is 3.60. The number of hydrogen-bond acceptors (Lipinski definition) is 3. The van der Waals surface area contributed by atoms with Gasteiger partial charge in [0.05, 0.1) is 18.1 Å². The molecule has 0 aromatic carbocycles. The van der Waals surface area contributed by atoms with Crippen molar-refractivity contribution in [2.75, 3.05) is 26.8 Å². The fraction of sp³-hybridized carbons (Fsp3) is 0.933. The number of carbonyl (C=O) groups excluding carboxylic acids is 1. The van der Waals surface area contributed by atoms with E-state index >= 15 is 0 Å². The summed E-state index contributed by atoms with van der Waals surface area (Å²) in [5.41, 5.74) is -0.275. The van der Waals surface area contributed by atoms with Crippen LogP contribution in [0.5, 0.6) is 0 Å². The summed E-state index contributed by atoms with van der Waals surface area (Å²) in [6.07, 6.45) is -1.21. The second-order valence-electron chi connectivity index (χ2n) is 6.56. The monoisotopic (exact) mass is 358 g/mol. The Morgan fingerprint density at radius 2 is 2.09 bits per heavy atom. The smallest absolute Gasteiger partial charge is 0.383 e. The Balaban J connectivity index is 0.00000264. The molecule has 136 valence electrons. The lowest BCUT2D eigenvalue weighted by atomic mass is 9.80. The molecule has 1 amide bonds. The Bertz CT molecular complexity index is 387. The summed E-state index contributed by atoms with van der Waals surface area (Å²) < 4.78 is 43.6. The zero-order valence-corrected chi connectivity index (χ0v) is 14.2. The highest BCUT2D eigenvalue weighted by molar-refractivity contribution is 5.85. The van der Waals surface area contributed by atoms with Crippen molar-refractivity contribution in [2.24, 2.45) is 11.8 Å². The maximum Gasteiger partial charge on any atom is 0.391 e. The number of carbonyl (C=O) groups is 1. The van der Waals surface area contributed by atoms with Crippen molar-refractivity contribution in [3.8, 4) is 0 Å². The van der Waals surface area contributed by atoms with Crippen LogP contribution in [0.1, 0.15) is 38.5 Å². The molecular formula is C15H26ClF3N2O2. The predicted octanol–water partition coefficient (Wildman–Crippen LogP) is 2.66. The zero-order valence-electron chi connectivity index (χ0n) is 13.4. The van der Waals surface area contributed by atoms with Crippen molar-refractivity contribution in [3.05, 3.63) is 0 Å². The van der Waals surface area contributed by atoms with E-state index in [9.17, 15) is 18.0 Å². The Morgan fingerprint density at radius 3 is 2.65 bits per heavy atom. The summed E-state index contributed by atoms with van der Waals surface area (Å²) in [5.74, 6) is -2.12. The number of alkyl halides is 3. The van der Waals surface area contributed by atoms with Gasteiger partial charge in [0.2, 0.25) is 5.91 Å². The standard InChI is InChI=1S/C15H25F3N2O2.ClH/c1-22-10-14(6-3-7-20-14)9-19-13(21)11-4-2-5-12(8-11)15(16,17)18;/h11-12,20H,2-10H2,1H3,(H,19,21);1H. The van der Waals surface area contributed by atoms with E-state index in [1.165, 1.54) is 0 Å². The lowest BCUT2D eigenvalue weighted by Gasteiger charge is -2.32. The molecular weight excluding hydrogens is 333 g/mol. The molecule has 2 N–H and O–H groups in total. The second kappa shape index (κ2) is 8.53. The Labute approximate surface area is 141 Å². The molecule has 23 heavy (non-hydrogen) atoms. The van der Waals surface area contributed by atoms with E-state index in [1.807, 2.05) is 0 Å². The van der Waals surface area contributed by atoms with Gasteiger partial charge in [-0.2, -0.15) is 13.2 Å². The van der Waals surface area contributed by atoms with Crippen LogP contribution in [0.3, 0.4) is 0 Å². The van der Waals surface area contributed by atoms with Gasteiger partial charge >= 0.3 is 6.18 Å². The van der Waals surface area contributed by atoms with Crippen molar-refractivity contribution < 1.29 is 22.7 Å². The number of amides is 1. The first-order chi connectivity index (χ1) is 10.4. The Hall–Kier alpha value is -0.530. The highest BCUT2D eigenvalue weighted by atomic mass is 35.5. The molecule has 0 bridgehead atoms. The van der Waals surface area contributed by atoms with E-state index < -0.39 is 18.0 Å². The number of halogens is 4. The molecule has 1 saturated heterocycles. The summed E-state index contributed by atoms with van der Waals surface area (Å²) >= 11 is 0. The van der Waals surface area contributed by atoms with E-state index in [0.717, 1.165) is 19.4 Å². The number of nitrogens with one attached hydrogen (secondary N) is 2. The maximum atomic E-state index is 12.8. The second-order valence-corrected chi connectivity index (χ2v) is 6.56. The third kappa shape index (κ3) is 5.50. The van der Waals surface area contributed by atoms with E-state index in [1.54, 1.807) is 7.11 Å². The van der Waals surface area contributed by atoms with Crippen molar-refractivity contribution in [1.29, 1.82) is 0 Å². The highest BCUT2D eigenvalue weighted by Gasteiger charge is 2.44. The first kappa shape index (κ1) is 20.5. The molecule has 2 rings (SSSR count). The molecule has 1 aliphatic carbocycles. The molecule has 0 spiro atoms. The number of rotatable bonds is 5. The van der Waals surface area contributed by atoms with Crippen LogP contribution in [-0.2, 0) is 9.53 Å². The molecule has 1 heterocycles. The minimum Gasteiger partial charge on any atom is -0.383 e. The molecule has 0 aromatic rings. The van der Waals surface area contributed by atoms with Crippen LogP contribution in [0.2, 0.25) is 0 Å². The van der Waals surface area contributed by atoms with Gasteiger partial charge in [0, 0.05) is 19.6 Å². The minimum absolute atomic E-state index is 0. The van der Waals surface area contributed by atoms with Gasteiger partial charge in [0.15, 0.2) is 0 Å². The summed E-state index contributed by atoms with van der Waals surface area (Å²) in [7, 11) is 1.61. The topological polar surface area (TPSA) is 50.4 Å². The van der Waals surface area contributed by atoms with Crippen LogP contribution in [0.15, 0.2) is 0 Å². The fourth-order valence-electron chi connectivity index (χ4n) is 3.60. The molecule has 2 aliphatic rings. The highest BCUT2D eigenvalue weighted by Crippen LogP contribution is 2.39. The molecule has 3 atom stereocenters. The predicted molar refractivity (Wildman–Crippen MR) is 83.6 cm³/mol. The van der Waals surface area contributed by atoms with Crippen molar-refractivity contribution in [1.82, 2.24) is 10.6 Å². The Kier molecular flexibility index (Phi) is 7.61. The summed E-state index contributed by atoms with van der Waals surface area (Å²) in [4.78, 5) is 12.2. The lowest BCUT2D eigenvalue weighted by molar-refractivity contribution is -0.186. The average Bonchev–Trinajstić information content (AvgIpc) is 2.93. The first-order valence-electron chi connectivity index (χ1n) is 7.95. The molecule has 4 nitrogen and oxygen atoms in total. The van der Waals surface area contributed by atoms with Gasteiger partial charge in [0.25, 0.3) is 0 Å². The SMILES string of the molecule is COCC1(CNC(=O)C2CCCC(C(F)(F)F)C2)CCCN1.Cl. The normalized spacial score (nSPS) is 31.5. The van der Waals surface area contributed by atoms with Crippen molar-refractivity contribution in [2.45, 2.75) is 50.2 Å². The molecule has 1 saturated carbocycles. The lowest BCUT2D eigenvalue weighted by Crippen LogP contribution is -2.54. The van der Waals surface area contributed by atoms with Gasteiger partial charge in [-0.05, 0) is 38.6 Å². The van der Waals surface area contributed by atoms with Crippen LogP contribution < -0.4 is 10.6 Å². The summed E-state index contributed by atoms with van der Waals surface area (Å²) in [5, 5.41) is 6.19. The van der Waals surface area contributed by atoms with E-state index in [0.29, 0.717) is 26.0 Å². The molecule has 0 radical (unpaired) electrons. The van der Waals surface area contributed by atoms with Crippen LogP contribution in [-0.4, -0.2) is 44.4 Å². The summed E-state index contributed by atoms with van der Waals surface area (Å²) in [6.45, 7) is 1.77. The zero-order chi connectivity index (χ0) is 16.2. The molecule has 3 unspecified atom stereocenters. The molecule has 2 fully saturated rings. The van der Waals surface area contributed by atoms with E-state index in [4.69, 9.17) is 4.74 Å². The van der Waals surface area contributed by atoms with Crippen LogP contribution in [0.4, 0.5) is 13.2 Å². The van der Waals surface area contributed by atoms with Crippen molar-refractivity contribution in [3.63, 3.8) is 0 Å². The van der Waals surface area contributed by atoms with Gasteiger partial charge in [-0.3, -0.25) is 4.79 Å². The third-order valence-electron chi connectivity index (χ3n) is 4.86. The third-order valence-corrected chi connectivity index (χ3v) is 4.86. The first-order valence-corrected chi connectivity index (χ1v) is 7.95. The van der Waals surface area contributed by atoms with Gasteiger partial charge in [-0.15, -0.1) is 12.4 Å². The number of methoxy groups -OCH3 is 1. The summed E-state index contributed by atoms with van der Waals surface area (Å²) in [6, 6.07) is 0. The van der Waals surface area contributed by atoms with Crippen molar-refractivity contribution >= 4 is 18.3 Å². The van der Waals surface area contributed by atoms with Crippen LogP contribution >= 0.6 is 12.4 Å². The molecule has 0 aromatic heterocycles. The average molecular weight is 359 g/mol. The molecule has 1 aliphatic heterocycles. The maximum absolute atomic E-state index is 12.8.